The van der Waals surface area contributed by atoms with E-state index in [9.17, 15) is 9.59 Å². The van der Waals surface area contributed by atoms with Crippen molar-refractivity contribution in [3.05, 3.63) is 51.5 Å². The summed E-state index contributed by atoms with van der Waals surface area (Å²) < 4.78 is 4.86. The van der Waals surface area contributed by atoms with Gasteiger partial charge < -0.3 is 19.9 Å². The number of urea groups is 1. The fraction of sp³-hybridized carbons (Fsp3) is 0.450. The standard InChI is InChI=1S/C20H24Cl2N4O3/c1-11(2)8-16(19(27)29-3)25-20(28)26-7-6-15-17(24-10-23-15)18(26)13-5-4-12(21)9-14(13)22/h4-5,9-11,16,18H,6-8H2,1-3H3,(H,23,24)(H,25,28)/t16-,18+/m0/s1. The molecule has 0 saturated heterocycles. The second-order valence-electron chi connectivity index (χ2n) is 7.43. The quantitative estimate of drug-likeness (QED) is 0.691. The summed E-state index contributed by atoms with van der Waals surface area (Å²) in [7, 11) is 1.31. The van der Waals surface area contributed by atoms with Crippen LogP contribution in [0.2, 0.25) is 10.0 Å². The van der Waals surface area contributed by atoms with Crippen LogP contribution in [0, 0.1) is 5.92 Å². The van der Waals surface area contributed by atoms with Crippen molar-refractivity contribution in [2.24, 2.45) is 5.92 Å². The van der Waals surface area contributed by atoms with Crippen molar-refractivity contribution in [1.29, 1.82) is 0 Å². The molecule has 1 aromatic carbocycles. The van der Waals surface area contributed by atoms with Crippen LogP contribution in [0.15, 0.2) is 24.5 Å². The number of fused-ring (bicyclic) bond motifs is 1. The van der Waals surface area contributed by atoms with E-state index >= 15 is 0 Å². The molecule has 2 amide bonds. The fourth-order valence-corrected chi connectivity index (χ4v) is 4.11. The topological polar surface area (TPSA) is 87.3 Å². The predicted molar refractivity (Wildman–Crippen MR) is 111 cm³/mol. The Morgan fingerprint density at radius 2 is 2.14 bits per heavy atom. The van der Waals surface area contributed by atoms with Crippen LogP contribution in [0.3, 0.4) is 0 Å². The van der Waals surface area contributed by atoms with Crippen molar-refractivity contribution in [2.75, 3.05) is 13.7 Å². The number of hydrogen-bond donors (Lipinski definition) is 2. The van der Waals surface area contributed by atoms with E-state index in [-0.39, 0.29) is 11.9 Å². The first kappa shape index (κ1) is 21.5. The molecule has 7 nitrogen and oxygen atoms in total. The number of benzene rings is 1. The molecule has 0 bridgehead atoms. The number of carbonyl (C=O) groups is 2. The van der Waals surface area contributed by atoms with Gasteiger partial charge >= 0.3 is 12.0 Å². The average molecular weight is 439 g/mol. The third-order valence-electron chi connectivity index (χ3n) is 4.93. The molecule has 0 aliphatic carbocycles. The molecule has 2 aromatic rings. The van der Waals surface area contributed by atoms with E-state index in [1.807, 2.05) is 13.8 Å². The first-order valence-electron chi connectivity index (χ1n) is 9.43. The number of H-pyrrole nitrogens is 1. The van der Waals surface area contributed by atoms with Crippen LogP contribution in [0.1, 0.15) is 43.3 Å². The average Bonchev–Trinajstić information content (AvgIpc) is 3.15. The summed E-state index contributed by atoms with van der Waals surface area (Å²) in [5, 5.41) is 3.78. The summed E-state index contributed by atoms with van der Waals surface area (Å²) in [4.78, 5) is 34.6. The number of halogens is 2. The molecule has 0 radical (unpaired) electrons. The van der Waals surface area contributed by atoms with Crippen molar-refractivity contribution >= 4 is 35.2 Å². The van der Waals surface area contributed by atoms with Crippen LogP contribution in [0.5, 0.6) is 0 Å². The van der Waals surface area contributed by atoms with E-state index in [1.165, 1.54) is 7.11 Å². The molecule has 0 unspecified atom stereocenters. The minimum atomic E-state index is -0.727. The summed E-state index contributed by atoms with van der Waals surface area (Å²) in [5.41, 5.74) is 2.41. The van der Waals surface area contributed by atoms with Gasteiger partial charge in [0.1, 0.15) is 12.1 Å². The number of ether oxygens (including phenoxy) is 1. The van der Waals surface area contributed by atoms with Gasteiger partial charge in [-0.2, -0.15) is 0 Å². The molecule has 29 heavy (non-hydrogen) atoms. The maximum absolute atomic E-state index is 13.2. The third kappa shape index (κ3) is 4.67. The Balaban J connectivity index is 1.93. The molecule has 1 aliphatic heterocycles. The van der Waals surface area contributed by atoms with Gasteiger partial charge in [-0.3, -0.25) is 0 Å². The minimum absolute atomic E-state index is 0.209. The van der Waals surface area contributed by atoms with Crippen molar-refractivity contribution < 1.29 is 14.3 Å². The van der Waals surface area contributed by atoms with Gasteiger partial charge in [-0.1, -0.05) is 43.1 Å². The van der Waals surface area contributed by atoms with E-state index in [4.69, 9.17) is 27.9 Å². The summed E-state index contributed by atoms with van der Waals surface area (Å²) >= 11 is 12.5. The van der Waals surface area contributed by atoms with E-state index in [0.29, 0.717) is 29.4 Å². The highest BCUT2D eigenvalue weighted by atomic mass is 35.5. The lowest BCUT2D eigenvalue weighted by Gasteiger charge is -2.36. The monoisotopic (exact) mass is 438 g/mol. The summed E-state index contributed by atoms with van der Waals surface area (Å²) in [6.07, 6.45) is 2.71. The van der Waals surface area contributed by atoms with Crippen LogP contribution in [0.25, 0.3) is 0 Å². The first-order chi connectivity index (χ1) is 13.8. The molecule has 1 aliphatic rings. The number of esters is 1. The SMILES string of the molecule is COC(=O)[C@H](CC(C)C)NC(=O)N1CCc2[nH]cnc2[C@H]1c1ccc(Cl)cc1Cl. The number of nitrogens with zero attached hydrogens (tertiary/aromatic N) is 2. The Kier molecular flexibility index (Phi) is 6.70. The van der Waals surface area contributed by atoms with Gasteiger partial charge in [0, 0.05) is 28.7 Å². The molecule has 0 fully saturated rings. The van der Waals surface area contributed by atoms with Crippen LogP contribution in [-0.2, 0) is 16.0 Å². The molecule has 156 valence electrons. The lowest BCUT2D eigenvalue weighted by molar-refractivity contribution is -0.143. The smallest absolute Gasteiger partial charge is 0.328 e. The Bertz CT molecular complexity index is 900. The van der Waals surface area contributed by atoms with Gasteiger partial charge in [-0.15, -0.1) is 0 Å². The molecule has 9 heteroatoms. The summed E-state index contributed by atoms with van der Waals surface area (Å²) in [6, 6.07) is 3.58. The second-order valence-corrected chi connectivity index (χ2v) is 8.28. The number of rotatable bonds is 5. The zero-order valence-electron chi connectivity index (χ0n) is 16.5. The Morgan fingerprint density at radius 1 is 1.38 bits per heavy atom. The number of hydrogen-bond acceptors (Lipinski definition) is 4. The Labute approximate surface area is 179 Å². The highest BCUT2D eigenvalue weighted by Crippen LogP contribution is 2.37. The van der Waals surface area contributed by atoms with Crippen LogP contribution < -0.4 is 5.32 Å². The lowest BCUT2D eigenvalue weighted by Crippen LogP contribution is -2.51. The van der Waals surface area contributed by atoms with Crippen molar-refractivity contribution in [1.82, 2.24) is 20.2 Å². The number of imidazole rings is 1. The fourth-order valence-electron chi connectivity index (χ4n) is 3.59. The van der Waals surface area contributed by atoms with Crippen LogP contribution >= 0.6 is 23.2 Å². The maximum Gasteiger partial charge on any atom is 0.328 e. The zero-order chi connectivity index (χ0) is 21.1. The van der Waals surface area contributed by atoms with E-state index in [0.717, 1.165) is 17.0 Å². The highest BCUT2D eigenvalue weighted by molar-refractivity contribution is 6.35. The van der Waals surface area contributed by atoms with Crippen molar-refractivity contribution in [3.8, 4) is 0 Å². The molecule has 2 atom stereocenters. The molecule has 0 saturated carbocycles. The number of nitrogens with one attached hydrogen (secondary N) is 2. The summed E-state index contributed by atoms with van der Waals surface area (Å²) in [5.74, 6) is -0.259. The molecular weight excluding hydrogens is 415 g/mol. The minimum Gasteiger partial charge on any atom is -0.467 e. The number of aromatic nitrogens is 2. The first-order valence-corrected chi connectivity index (χ1v) is 10.2. The van der Waals surface area contributed by atoms with Crippen LogP contribution in [0.4, 0.5) is 4.79 Å². The molecular formula is C20H24Cl2N4O3. The van der Waals surface area contributed by atoms with Crippen molar-refractivity contribution in [3.63, 3.8) is 0 Å². The predicted octanol–water partition coefficient (Wildman–Crippen LogP) is 3.96. The number of methoxy groups -OCH3 is 1. The lowest BCUT2D eigenvalue weighted by atomic mass is 9.95. The van der Waals surface area contributed by atoms with Gasteiger partial charge in [0.15, 0.2) is 0 Å². The second kappa shape index (κ2) is 9.05. The third-order valence-corrected chi connectivity index (χ3v) is 5.50. The zero-order valence-corrected chi connectivity index (χ0v) is 18.0. The maximum atomic E-state index is 13.2. The van der Waals surface area contributed by atoms with Gasteiger partial charge in [-0.25, -0.2) is 14.6 Å². The molecule has 1 aromatic heterocycles. The van der Waals surface area contributed by atoms with Gasteiger partial charge in [0.25, 0.3) is 0 Å². The van der Waals surface area contributed by atoms with Gasteiger partial charge in [0.2, 0.25) is 0 Å². The molecule has 0 spiro atoms. The number of aromatic amines is 1. The molecule has 2 heterocycles. The van der Waals surface area contributed by atoms with Gasteiger partial charge in [0.05, 0.1) is 19.1 Å². The normalized spacial score (nSPS) is 17.0. The molecule has 2 N–H and O–H groups in total. The van der Waals surface area contributed by atoms with E-state index in [2.05, 4.69) is 15.3 Å². The van der Waals surface area contributed by atoms with Gasteiger partial charge in [-0.05, 0) is 30.0 Å². The summed E-state index contributed by atoms with van der Waals surface area (Å²) in [6.45, 7) is 4.41. The molecule has 3 rings (SSSR count). The Hall–Kier alpha value is -2.25. The highest BCUT2D eigenvalue weighted by Gasteiger charge is 2.36. The Morgan fingerprint density at radius 3 is 2.79 bits per heavy atom. The largest absolute Gasteiger partial charge is 0.467 e. The van der Waals surface area contributed by atoms with E-state index < -0.39 is 18.1 Å². The van der Waals surface area contributed by atoms with Crippen LogP contribution in [-0.4, -0.2) is 46.6 Å². The number of carbonyl (C=O) groups excluding carboxylic acids is 2. The van der Waals surface area contributed by atoms with Crippen molar-refractivity contribution in [2.45, 2.75) is 38.8 Å². The number of amides is 2. The van der Waals surface area contributed by atoms with E-state index in [1.54, 1.807) is 29.4 Å².